The number of aliphatic hydroxyl groups is 1. The van der Waals surface area contributed by atoms with Crippen molar-refractivity contribution < 1.29 is 24.2 Å². The van der Waals surface area contributed by atoms with E-state index in [0.717, 1.165) is 41.7 Å². The first-order chi connectivity index (χ1) is 21.1. The minimum Gasteiger partial charge on any atom is -0.497 e. The molecule has 1 aliphatic carbocycles. The summed E-state index contributed by atoms with van der Waals surface area (Å²) >= 11 is 12.6. The molecule has 0 saturated heterocycles. The van der Waals surface area contributed by atoms with Crippen LogP contribution < -0.4 is 15.4 Å². The second-order valence-electron chi connectivity index (χ2n) is 11.9. The zero-order chi connectivity index (χ0) is 31.8. The maximum Gasteiger partial charge on any atom is 0.243 e. The Morgan fingerprint density at radius 3 is 2.61 bits per heavy atom. The fraction of sp³-hybridized carbons (Fsp3) is 0.529. The maximum atomic E-state index is 13.9. The van der Waals surface area contributed by atoms with E-state index in [-0.39, 0.29) is 36.4 Å². The molecule has 1 aliphatic heterocycles. The Morgan fingerprint density at radius 2 is 1.91 bits per heavy atom. The minimum atomic E-state index is -0.962. The van der Waals surface area contributed by atoms with Gasteiger partial charge in [0.05, 0.1) is 32.0 Å². The molecule has 240 valence electrons. The van der Waals surface area contributed by atoms with Gasteiger partial charge in [-0.3, -0.25) is 9.59 Å². The molecular weight excluding hydrogens is 601 g/mol. The fourth-order valence-corrected chi connectivity index (χ4v) is 6.66. The molecule has 3 N–H and O–H groups in total. The maximum absolute atomic E-state index is 13.9. The number of ether oxygens (including phenoxy) is 2. The lowest BCUT2D eigenvalue weighted by molar-refractivity contribution is -0.142. The first-order valence-electron chi connectivity index (χ1n) is 15.5. The van der Waals surface area contributed by atoms with Crippen LogP contribution in [0.5, 0.6) is 5.75 Å². The highest BCUT2D eigenvalue weighted by Crippen LogP contribution is 2.42. The van der Waals surface area contributed by atoms with Gasteiger partial charge < -0.3 is 30.1 Å². The number of hydrogen-bond donors (Lipinski definition) is 3. The van der Waals surface area contributed by atoms with Crippen LogP contribution in [-0.2, 0) is 20.7 Å². The van der Waals surface area contributed by atoms with Crippen molar-refractivity contribution in [2.75, 3.05) is 27.3 Å². The molecule has 4 rings (SSSR count). The van der Waals surface area contributed by atoms with E-state index in [1.54, 1.807) is 37.3 Å². The molecule has 1 unspecified atom stereocenters. The lowest BCUT2D eigenvalue weighted by atomic mass is 9.98. The smallest absolute Gasteiger partial charge is 0.243 e. The number of carbonyl (C=O) groups excluding carboxylic acids is 2. The molecule has 1 heterocycles. The number of β-amino-alcohol motifs (C(OH)–C–C–N with tert-alkyl or cyclic N) is 1. The van der Waals surface area contributed by atoms with Crippen LogP contribution in [0.4, 0.5) is 0 Å². The summed E-state index contributed by atoms with van der Waals surface area (Å²) in [4.78, 5) is 28.8. The molecule has 2 aliphatic rings. The molecule has 0 fully saturated rings. The Labute approximate surface area is 271 Å². The van der Waals surface area contributed by atoms with Crippen molar-refractivity contribution in [1.82, 2.24) is 15.5 Å². The van der Waals surface area contributed by atoms with Crippen LogP contribution in [0.3, 0.4) is 0 Å². The van der Waals surface area contributed by atoms with E-state index in [1.807, 2.05) is 37.3 Å². The summed E-state index contributed by atoms with van der Waals surface area (Å²) in [6.07, 6.45) is 6.70. The number of nitrogens with zero attached hydrogens (tertiary/aromatic N) is 1. The number of benzene rings is 2. The number of carbonyl (C=O) groups is 2. The monoisotopic (exact) mass is 645 g/mol. The molecule has 0 aromatic heterocycles. The summed E-state index contributed by atoms with van der Waals surface area (Å²) in [7, 11) is 3.32. The van der Waals surface area contributed by atoms with Gasteiger partial charge in [-0.2, -0.15) is 0 Å². The number of rotatable bonds is 8. The zero-order valence-corrected chi connectivity index (χ0v) is 27.5. The van der Waals surface area contributed by atoms with Crippen molar-refractivity contribution in [3.05, 3.63) is 75.3 Å². The van der Waals surface area contributed by atoms with Crippen molar-refractivity contribution in [3.63, 3.8) is 0 Å². The molecule has 2 bridgehead atoms. The SMILES string of the molecule is CCCC[C@H](C)C(=O)N(C)C1CC=CCO[C@@H]2C[C@H](NC[C@@H](O)[C@H](Cc3cc(Cl)cc(Cl)c3)NC1=O)c1cc(OC)ccc12. The molecule has 0 spiro atoms. The number of hydrogen-bond acceptors (Lipinski definition) is 6. The number of aliphatic hydroxyl groups excluding tert-OH is 1. The Hall–Kier alpha value is -2.62. The molecular formula is C34H45Cl2N3O5. The minimum absolute atomic E-state index is 0.0769. The largest absolute Gasteiger partial charge is 0.497 e. The van der Waals surface area contributed by atoms with Gasteiger partial charge in [-0.15, -0.1) is 0 Å². The Morgan fingerprint density at radius 1 is 1.16 bits per heavy atom. The normalized spacial score (nSPS) is 24.9. The predicted molar refractivity (Wildman–Crippen MR) is 174 cm³/mol. The molecule has 2 amide bonds. The molecule has 0 saturated carbocycles. The van der Waals surface area contributed by atoms with E-state index < -0.39 is 18.2 Å². The third kappa shape index (κ3) is 8.76. The fourth-order valence-electron chi connectivity index (χ4n) is 6.09. The summed E-state index contributed by atoms with van der Waals surface area (Å²) in [6.45, 7) is 4.57. The second kappa shape index (κ2) is 16.1. The van der Waals surface area contributed by atoms with Crippen molar-refractivity contribution in [3.8, 4) is 5.75 Å². The van der Waals surface area contributed by atoms with Crippen molar-refractivity contribution in [2.24, 2.45) is 5.92 Å². The summed E-state index contributed by atoms with van der Waals surface area (Å²) in [6, 6.07) is 9.66. The van der Waals surface area contributed by atoms with Gasteiger partial charge in [-0.25, -0.2) is 0 Å². The Bertz CT molecular complexity index is 1300. The van der Waals surface area contributed by atoms with Gasteiger partial charge in [-0.1, -0.05) is 68.1 Å². The van der Waals surface area contributed by atoms with E-state index in [0.29, 0.717) is 35.9 Å². The first kappa shape index (κ1) is 34.3. The van der Waals surface area contributed by atoms with Crippen LogP contribution >= 0.6 is 23.2 Å². The topological polar surface area (TPSA) is 100 Å². The Kier molecular flexibility index (Phi) is 12.5. The van der Waals surface area contributed by atoms with E-state index in [2.05, 4.69) is 17.6 Å². The van der Waals surface area contributed by atoms with Gasteiger partial charge >= 0.3 is 0 Å². The quantitative estimate of drug-likeness (QED) is 0.314. The van der Waals surface area contributed by atoms with Gasteiger partial charge in [0.25, 0.3) is 0 Å². The van der Waals surface area contributed by atoms with Gasteiger partial charge in [0.2, 0.25) is 11.8 Å². The lowest BCUT2D eigenvalue weighted by Gasteiger charge is -2.32. The van der Waals surface area contributed by atoms with Crippen LogP contribution in [-0.4, -0.2) is 67.3 Å². The number of methoxy groups -OCH3 is 1. The van der Waals surface area contributed by atoms with E-state index >= 15 is 0 Å². The summed E-state index contributed by atoms with van der Waals surface area (Å²) < 4.78 is 11.8. The average molecular weight is 647 g/mol. The summed E-state index contributed by atoms with van der Waals surface area (Å²) in [5.74, 6) is 0.136. The molecule has 44 heavy (non-hydrogen) atoms. The van der Waals surface area contributed by atoms with Crippen molar-refractivity contribution in [2.45, 2.75) is 82.7 Å². The van der Waals surface area contributed by atoms with Gasteiger partial charge in [0.15, 0.2) is 0 Å². The third-order valence-corrected chi connectivity index (χ3v) is 9.10. The van der Waals surface area contributed by atoms with Crippen LogP contribution in [0.25, 0.3) is 0 Å². The number of amides is 2. The highest BCUT2D eigenvalue weighted by Gasteiger charge is 2.35. The highest BCUT2D eigenvalue weighted by atomic mass is 35.5. The van der Waals surface area contributed by atoms with Crippen LogP contribution in [0.2, 0.25) is 10.0 Å². The molecule has 0 radical (unpaired) electrons. The van der Waals surface area contributed by atoms with E-state index in [4.69, 9.17) is 32.7 Å². The van der Waals surface area contributed by atoms with Crippen molar-refractivity contribution >= 4 is 35.0 Å². The summed E-state index contributed by atoms with van der Waals surface area (Å²) in [5.41, 5.74) is 2.93. The third-order valence-electron chi connectivity index (χ3n) is 8.66. The number of unbranched alkanes of at least 4 members (excludes halogenated alkanes) is 1. The molecule has 8 nitrogen and oxygen atoms in total. The van der Waals surface area contributed by atoms with Crippen LogP contribution in [0.1, 0.15) is 74.8 Å². The number of likely N-dealkylation sites (N-methyl/N-ethyl adjacent to an activating group) is 1. The molecule has 6 atom stereocenters. The number of fused-ring (bicyclic) bond motifs is 5. The van der Waals surface area contributed by atoms with E-state index in [9.17, 15) is 14.7 Å². The summed E-state index contributed by atoms with van der Waals surface area (Å²) in [5, 5.41) is 19.1. The zero-order valence-electron chi connectivity index (χ0n) is 26.0. The Balaban J connectivity index is 1.64. The first-order valence-corrected chi connectivity index (χ1v) is 16.2. The lowest BCUT2D eigenvalue weighted by Crippen LogP contribution is -2.55. The molecule has 10 heteroatoms. The second-order valence-corrected chi connectivity index (χ2v) is 12.8. The van der Waals surface area contributed by atoms with E-state index in [1.165, 1.54) is 0 Å². The highest BCUT2D eigenvalue weighted by molar-refractivity contribution is 6.34. The average Bonchev–Trinajstić information content (AvgIpc) is 3.34. The predicted octanol–water partition coefficient (Wildman–Crippen LogP) is 5.80. The molecule has 2 aromatic carbocycles. The van der Waals surface area contributed by atoms with Gasteiger partial charge in [0.1, 0.15) is 11.8 Å². The van der Waals surface area contributed by atoms with Gasteiger partial charge in [-0.05, 0) is 72.7 Å². The standard InChI is InChI=1S/C34H45Cl2N3O5/c1-5-6-9-21(2)34(42)39(3)30-10-7-8-13-44-32-19-28(27-18-25(43-4)11-12-26(27)32)37-20-31(40)29(38-33(30)41)16-22-14-23(35)17-24(36)15-22/h7-8,11-12,14-15,17-18,21,28-32,37,40H,5-6,9-10,13,16,19-20H2,1-4H3,(H,38,41)/t21-,28-,29-,30?,31+,32+/m0/s1. The molecule has 2 aromatic rings. The van der Waals surface area contributed by atoms with Gasteiger partial charge in [0, 0.05) is 35.6 Å². The van der Waals surface area contributed by atoms with Crippen LogP contribution in [0, 0.1) is 5.92 Å². The van der Waals surface area contributed by atoms with Crippen molar-refractivity contribution in [1.29, 1.82) is 0 Å². The number of halogens is 2. The number of nitrogens with one attached hydrogen (secondary N) is 2. The van der Waals surface area contributed by atoms with Crippen LogP contribution in [0.15, 0.2) is 48.6 Å².